The summed E-state index contributed by atoms with van der Waals surface area (Å²) < 4.78 is 69.9. The molecule has 196 valence electrons. The maximum Gasteiger partial charge on any atom is 0.418 e. The zero-order valence-electron chi connectivity index (χ0n) is 20.1. The van der Waals surface area contributed by atoms with Gasteiger partial charge in [0, 0.05) is 18.7 Å². The van der Waals surface area contributed by atoms with Crippen LogP contribution >= 0.6 is 0 Å². The first-order valence-corrected chi connectivity index (χ1v) is 13.0. The molecule has 2 N–H and O–H groups in total. The number of carboxylic acid groups (broad SMARTS) is 1. The Morgan fingerprint density at radius 3 is 2.38 bits per heavy atom. The van der Waals surface area contributed by atoms with E-state index in [4.69, 9.17) is 0 Å². The highest BCUT2D eigenvalue weighted by atomic mass is 32.2. The van der Waals surface area contributed by atoms with Crippen molar-refractivity contribution in [3.63, 3.8) is 0 Å². The molecule has 12 heteroatoms. The Balaban J connectivity index is 1.68. The number of nitrogens with zero attached hydrogens (tertiary/aromatic N) is 3. The minimum Gasteiger partial charge on any atom is -0.481 e. The van der Waals surface area contributed by atoms with Crippen molar-refractivity contribution in [2.75, 3.05) is 22.7 Å². The number of aryl methyl sites for hydroxylation is 2. The fourth-order valence-electron chi connectivity index (χ4n) is 4.43. The van der Waals surface area contributed by atoms with Crippen LogP contribution in [0.4, 0.5) is 24.8 Å². The minimum atomic E-state index is -4.70. The van der Waals surface area contributed by atoms with Crippen LogP contribution in [-0.4, -0.2) is 42.6 Å². The van der Waals surface area contributed by atoms with Crippen molar-refractivity contribution in [3.8, 4) is 11.3 Å². The number of aromatic nitrogens is 2. The molecule has 8 nitrogen and oxygen atoms in total. The highest BCUT2D eigenvalue weighted by Crippen LogP contribution is 2.39. The number of piperidine rings is 1. The van der Waals surface area contributed by atoms with Crippen LogP contribution in [0.2, 0.25) is 0 Å². The normalized spacial score (nSPS) is 16.5. The van der Waals surface area contributed by atoms with E-state index in [9.17, 15) is 31.5 Å². The molecular formula is C25H25F3N4O4S. The van der Waals surface area contributed by atoms with E-state index in [1.54, 1.807) is 43.0 Å². The summed E-state index contributed by atoms with van der Waals surface area (Å²) in [5, 5.41) is 8.97. The lowest BCUT2D eigenvalue weighted by atomic mass is 9.96. The lowest BCUT2D eigenvalue weighted by Gasteiger charge is -2.31. The molecule has 3 heterocycles. The van der Waals surface area contributed by atoms with Crippen molar-refractivity contribution in [3.05, 3.63) is 65.2 Å². The minimum absolute atomic E-state index is 0.193. The predicted octanol–water partition coefficient (Wildman–Crippen LogP) is 4.88. The monoisotopic (exact) mass is 534 g/mol. The van der Waals surface area contributed by atoms with E-state index in [-0.39, 0.29) is 28.6 Å². The van der Waals surface area contributed by atoms with E-state index in [1.807, 2.05) is 0 Å². The molecule has 0 amide bonds. The summed E-state index contributed by atoms with van der Waals surface area (Å²) in [7, 11) is -4.32. The SMILES string of the molecule is Cc1cccc(C)c1-c1nc(NS(=O)(=O)c2cccc(N3CCCC(C(=O)O)C3)n2)ccc1C(F)(F)F. The zero-order chi connectivity index (χ0) is 27.0. The number of carboxylic acids is 1. The smallest absolute Gasteiger partial charge is 0.418 e. The van der Waals surface area contributed by atoms with Crippen molar-refractivity contribution in [1.29, 1.82) is 0 Å². The Morgan fingerprint density at radius 1 is 1.05 bits per heavy atom. The molecule has 1 fully saturated rings. The Kier molecular flexibility index (Phi) is 7.13. The third-order valence-electron chi connectivity index (χ3n) is 6.24. The molecular weight excluding hydrogens is 509 g/mol. The summed E-state index contributed by atoms with van der Waals surface area (Å²) >= 11 is 0. The number of benzene rings is 1. The van der Waals surface area contributed by atoms with Gasteiger partial charge in [-0.25, -0.2) is 9.97 Å². The fraction of sp³-hybridized carbons (Fsp3) is 0.320. The lowest BCUT2D eigenvalue weighted by Crippen LogP contribution is -2.39. The van der Waals surface area contributed by atoms with E-state index in [0.29, 0.717) is 36.3 Å². The number of aliphatic carboxylic acids is 1. The second-order valence-corrected chi connectivity index (χ2v) is 10.5. The van der Waals surface area contributed by atoms with Gasteiger partial charge in [0.25, 0.3) is 10.0 Å². The van der Waals surface area contributed by atoms with Gasteiger partial charge in [-0.2, -0.15) is 21.6 Å². The second kappa shape index (κ2) is 10.0. The summed E-state index contributed by atoms with van der Waals surface area (Å²) in [6, 6.07) is 11.1. The summed E-state index contributed by atoms with van der Waals surface area (Å²) in [5.41, 5.74) is 0.0420. The van der Waals surface area contributed by atoms with Gasteiger partial charge < -0.3 is 10.0 Å². The number of alkyl halides is 3. The van der Waals surface area contributed by atoms with E-state index in [0.717, 1.165) is 12.1 Å². The Bertz CT molecular complexity index is 1420. The van der Waals surface area contributed by atoms with Crippen molar-refractivity contribution < 1.29 is 31.5 Å². The highest BCUT2D eigenvalue weighted by molar-refractivity contribution is 7.92. The first-order valence-electron chi connectivity index (χ1n) is 11.5. The van der Waals surface area contributed by atoms with Crippen LogP contribution in [-0.2, 0) is 21.0 Å². The summed E-state index contributed by atoms with van der Waals surface area (Å²) in [4.78, 5) is 21.4. The molecule has 0 spiro atoms. The Labute approximate surface area is 212 Å². The predicted molar refractivity (Wildman–Crippen MR) is 132 cm³/mol. The van der Waals surface area contributed by atoms with E-state index >= 15 is 0 Å². The molecule has 37 heavy (non-hydrogen) atoms. The van der Waals surface area contributed by atoms with Gasteiger partial charge in [-0.05, 0) is 62.1 Å². The van der Waals surface area contributed by atoms with Gasteiger partial charge >= 0.3 is 12.1 Å². The number of rotatable bonds is 6. The Morgan fingerprint density at radius 2 is 1.73 bits per heavy atom. The number of hydrogen-bond donors (Lipinski definition) is 2. The van der Waals surface area contributed by atoms with Crippen molar-refractivity contribution in [1.82, 2.24) is 9.97 Å². The highest BCUT2D eigenvalue weighted by Gasteiger charge is 2.36. The standard InChI is InChI=1S/C25H25F3N4O4S/c1-15-6-3-7-16(2)22(15)23-18(25(26,27)28)11-12-19(29-23)31-37(35,36)21-10-4-9-20(30-21)32-13-5-8-17(14-32)24(33)34/h3-4,6-7,9-12,17H,5,8,13-14H2,1-2H3,(H,29,31)(H,33,34). The fourth-order valence-corrected chi connectivity index (χ4v) is 5.39. The van der Waals surface area contributed by atoms with Crippen LogP contribution in [0, 0.1) is 19.8 Å². The number of hydrogen-bond acceptors (Lipinski definition) is 6. The summed E-state index contributed by atoms with van der Waals surface area (Å²) in [5.74, 6) is -1.51. The van der Waals surface area contributed by atoms with Crippen LogP contribution < -0.4 is 9.62 Å². The molecule has 1 unspecified atom stereocenters. The van der Waals surface area contributed by atoms with Crippen molar-refractivity contribution >= 4 is 27.6 Å². The number of pyridine rings is 2. The van der Waals surface area contributed by atoms with Crippen LogP contribution in [0.25, 0.3) is 11.3 Å². The molecule has 0 radical (unpaired) electrons. The molecule has 4 rings (SSSR count). The van der Waals surface area contributed by atoms with Crippen LogP contribution in [0.3, 0.4) is 0 Å². The summed E-state index contributed by atoms with van der Waals surface area (Å²) in [6.07, 6.45) is -3.56. The van der Waals surface area contributed by atoms with E-state index < -0.39 is 33.7 Å². The van der Waals surface area contributed by atoms with Gasteiger partial charge in [-0.3, -0.25) is 9.52 Å². The maximum atomic E-state index is 13.8. The third-order valence-corrected chi connectivity index (χ3v) is 7.49. The van der Waals surface area contributed by atoms with Gasteiger partial charge in [0.2, 0.25) is 0 Å². The van der Waals surface area contributed by atoms with Gasteiger partial charge in [0.1, 0.15) is 11.6 Å². The van der Waals surface area contributed by atoms with Crippen LogP contribution in [0.1, 0.15) is 29.5 Å². The van der Waals surface area contributed by atoms with E-state index in [2.05, 4.69) is 14.7 Å². The molecule has 1 aromatic carbocycles. The molecule has 0 saturated carbocycles. The number of halogens is 3. The topological polar surface area (TPSA) is 112 Å². The number of sulfonamides is 1. The third kappa shape index (κ3) is 5.68. The number of nitrogens with one attached hydrogen (secondary N) is 1. The molecule has 1 aliphatic heterocycles. The van der Waals surface area contributed by atoms with Gasteiger partial charge in [-0.15, -0.1) is 0 Å². The van der Waals surface area contributed by atoms with Crippen molar-refractivity contribution in [2.24, 2.45) is 5.92 Å². The quantitative estimate of drug-likeness (QED) is 0.464. The summed E-state index contributed by atoms with van der Waals surface area (Å²) in [6.45, 7) is 4.03. The van der Waals surface area contributed by atoms with Crippen LogP contribution in [0.15, 0.2) is 53.6 Å². The molecule has 2 aromatic heterocycles. The molecule has 0 aliphatic carbocycles. The van der Waals surface area contributed by atoms with Gasteiger partial charge in [0.15, 0.2) is 5.03 Å². The zero-order valence-corrected chi connectivity index (χ0v) is 20.9. The maximum absolute atomic E-state index is 13.8. The second-order valence-electron chi connectivity index (χ2n) is 8.92. The molecule has 1 saturated heterocycles. The number of carbonyl (C=O) groups is 1. The lowest BCUT2D eigenvalue weighted by molar-refractivity contribution is -0.142. The molecule has 0 bridgehead atoms. The first-order chi connectivity index (χ1) is 17.4. The molecule has 1 atom stereocenters. The van der Waals surface area contributed by atoms with Crippen molar-refractivity contribution in [2.45, 2.75) is 37.9 Å². The average Bonchev–Trinajstić information content (AvgIpc) is 2.83. The van der Waals surface area contributed by atoms with Crippen LogP contribution in [0.5, 0.6) is 0 Å². The van der Waals surface area contributed by atoms with Gasteiger partial charge in [-0.1, -0.05) is 24.3 Å². The molecule has 3 aromatic rings. The Hall–Kier alpha value is -3.67. The van der Waals surface area contributed by atoms with E-state index in [1.165, 1.54) is 12.1 Å². The van der Waals surface area contributed by atoms with Gasteiger partial charge in [0.05, 0.1) is 17.2 Å². The largest absolute Gasteiger partial charge is 0.481 e. The number of anilines is 2. The first kappa shape index (κ1) is 26.4. The average molecular weight is 535 g/mol. The molecule has 1 aliphatic rings.